The van der Waals surface area contributed by atoms with Crippen LogP contribution in [-0.4, -0.2) is 0 Å². The molecule has 0 N–H and O–H groups in total. The lowest BCUT2D eigenvalue weighted by atomic mass is 10.0. The standard InChI is InChI=1S/C17H17BrClI/c1-2-3-4-12-5-7-13(8-6-12)17(18)15-11-14(19)9-10-16(15)20/h5-11,17H,2-4H2,1H3. The third kappa shape index (κ3) is 4.22. The molecule has 2 aromatic carbocycles. The van der Waals surface area contributed by atoms with Crippen molar-refractivity contribution in [2.45, 2.75) is 31.0 Å². The summed E-state index contributed by atoms with van der Waals surface area (Å²) in [6, 6.07) is 14.9. The van der Waals surface area contributed by atoms with Gasteiger partial charge in [0.15, 0.2) is 0 Å². The molecule has 0 amide bonds. The summed E-state index contributed by atoms with van der Waals surface area (Å²) < 4.78 is 1.23. The highest BCUT2D eigenvalue weighted by molar-refractivity contribution is 14.1. The van der Waals surface area contributed by atoms with E-state index in [1.807, 2.05) is 12.1 Å². The number of hydrogen-bond donors (Lipinski definition) is 0. The zero-order valence-electron chi connectivity index (χ0n) is 11.4. The average molecular weight is 464 g/mol. The number of halogens is 3. The van der Waals surface area contributed by atoms with E-state index in [1.165, 1.54) is 39.5 Å². The average Bonchev–Trinajstić information content (AvgIpc) is 2.47. The highest BCUT2D eigenvalue weighted by atomic mass is 127. The van der Waals surface area contributed by atoms with Crippen LogP contribution in [0.3, 0.4) is 0 Å². The fraction of sp³-hybridized carbons (Fsp3) is 0.294. The van der Waals surface area contributed by atoms with E-state index in [1.54, 1.807) is 0 Å². The van der Waals surface area contributed by atoms with Crippen LogP contribution < -0.4 is 0 Å². The van der Waals surface area contributed by atoms with Gasteiger partial charge in [0.1, 0.15) is 0 Å². The van der Waals surface area contributed by atoms with Crippen molar-refractivity contribution in [3.05, 3.63) is 67.7 Å². The molecule has 2 aromatic rings. The number of unbranched alkanes of at least 4 members (excludes halogenated alkanes) is 1. The summed E-state index contributed by atoms with van der Waals surface area (Å²) in [5.41, 5.74) is 3.90. The molecule has 0 bridgehead atoms. The van der Waals surface area contributed by atoms with Crippen LogP contribution in [0.25, 0.3) is 0 Å². The van der Waals surface area contributed by atoms with Crippen molar-refractivity contribution >= 4 is 50.1 Å². The Hall–Kier alpha value is -0.0600. The van der Waals surface area contributed by atoms with E-state index in [0.717, 1.165) is 5.02 Å². The van der Waals surface area contributed by atoms with Gasteiger partial charge in [-0.1, -0.05) is 65.1 Å². The summed E-state index contributed by atoms with van der Waals surface area (Å²) in [6.07, 6.45) is 3.66. The van der Waals surface area contributed by atoms with Gasteiger partial charge in [-0.3, -0.25) is 0 Å². The van der Waals surface area contributed by atoms with Gasteiger partial charge in [0.05, 0.1) is 4.83 Å². The predicted octanol–water partition coefficient (Wildman–Crippen LogP) is 6.77. The number of rotatable bonds is 5. The van der Waals surface area contributed by atoms with E-state index in [9.17, 15) is 0 Å². The Morgan fingerprint density at radius 1 is 1.15 bits per heavy atom. The molecule has 1 unspecified atom stereocenters. The Morgan fingerprint density at radius 2 is 1.85 bits per heavy atom. The van der Waals surface area contributed by atoms with E-state index in [-0.39, 0.29) is 4.83 Å². The van der Waals surface area contributed by atoms with Crippen molar-refractivity contribution in [2.24, 2.45) is 0 Å². The monoisotopic (exact) mass is 462 g/mol. The number of aryl methyl sites for hydroxylation is 1. The summed E-state index contributed by atoms with van der Waals surface area (Å²) in [5.74, 6) is 0. The second-order valence-electron chi connectivity index (χ2n) is 4.87. The number of alkyl halides is 1. The van der Waals surface area contributed by atoms with Crippen molar-refractivity contribution in [2.75, 3.05) is 0 Å². The second kappa shape index (κ2) is 7.81. The maximum absolute atomic E-state index is 6.11. The van der Waals surface area contributed by atoms with Crippen molar-refractivity contribution in [1.82, 2.24) is 0 Å². The van der Waals surface area contributed by atoms with E-state index in [4.69, 9.17) is 11.6 Å². The SMILES string of the molecule is CCCCc1ccc(C(Br)c2cc(Cl)ccc2I)cc1. The number of hydrogen-bond acceptors (Lipinski definition) is 0. The normalized spacial score (nSPS) is 12.4. The van der Waals surface area contributed by atoms with Gasteiger partial charge in [0.25, 0.3) is 0 Å². The van der Waals surface area contributed by atoms with Crippen LogP contribution in [0.5, 0.6) is 0 Å². The van der Waals surface area contributed by atoms with Crippen molar-refractivity contribution in [1.29, 1.82) is 0 Å². The molecule has 0 radical (unpaired) electrons. The first-order chi connectivity index (χ1) is 9.61. The lowest BCUT2D eigenvalue weighted by Gasteiger charge is -2.14. The maximum Gasteiger partial charge on any atom is 0.0655 e. The number of benzene rings is 2. The molecule has 3 heteroatoms. The molecule has 106 valence electrons. The Kier molecular flexibility index (Phi) is 6.37. The topological polar surface area (TPSA) is 0 Å². The van der Waals surface area contributed by atoms with E-state index < -0.39 is 0 Å². The molecular formula is C17H17BrClI. The van der Waals surface area contributed by atoms with Crippen LogP contribution >= 0.6 is 50.1 Å². The summed E-state index contributed by atoms with van der Waals surface area (Å²) in [6.45, 7) is 2.23. The molecule has 0 aromatic heterocycles. The summed E-state index contributed by atoms with van der Waals surface area (Å²) in [7, 11) is 0. The molecule has 0 nitrogen and oxygen atoms in total. The Bertz CT molecular complexity index is 566. The minimum atomic E-state index is 0.188. The van der Waals surface area contributed by atoms with Crippen LogP contribution in [0.15, 0.2) is 42.5 Å². The zero-order valence-corrected chi connectivity index (χ0v) is 15.9. The van der Waals surface area contributed by atoms with E-state index in [0.29, 0.717) is 0 Å². The summed E-state index contributed by atoms with van der Waals surface area (Å²) in [5, 5.41) is 0.782. The molecule has 0 aliphatic carbocycles. The lowest BCUT2D eigenvalue weighted by molar-refractivity contribution is 0.795. The van der Waals surface area contributed by atoms with Crippen LogP contribution in [0.1, 0.15) is 41.3 Å². The third-order valence-corrected chi connectivity index (χ3v) is 5.56. The van der Waals surface area contributed by atoms with Gasteiger partial charge < -0.3 is 0 Å². The van der Waals surface area contributed by atoms with Gasteiger partial charge in [-0.25, -0.2) is 0 Å². The molecule has 0 saturated heterocycles. The van der Waals surface area contributed by atoms with Gasteiger partial charge in [-0.2, -0.15) is 0 Å². The predicted molar refractivity (Wildman–Crippen MR) is 100.0 cm³/mol. The first-order valence-corrected chi connectivity index (χ1v) is 9.17. The highest BCUT2D eigenvalue weighted by Gasteiger charge is 2.14. The Balaban J connectivity index is 2.20. The van der Waals surface area contributed by atoms with Gasteiger partial charge in [0.2, 0.25) is 0 Å². The molecule has 2 rings (SSSR count). The van der Waals surface area contributed by atoms with E-state index >= 15 is 0 Å². The molecule has 0 fully saturated rings. The van der Waals surface area contributed by atoms with Crippen LogP contribution in [0, 0.1) is 3.57 Å². The molecular weight excluding hydrogens is 446 g/mol. The van der Waals surface area contributed by atoms with Crippen LogP contribution in [-0.2, 0) is 6.42 Å². The minimum absolute atomic E-state index is 0.188. The molecule has 0 aliphatic heterocycles. The molecule has 0 aliphatic rings. The van der Waals surface area contributed by atoms with Gasteiger partial charge >= 0.3 is 0 Å². The first kappa shape index (κ1) is 16.3. The maximum atomic E-state index is 6.11. The van der Waals surface area contributed by atoms with Crippen molar-refractivity contribution in [3.63, 3.8) is 0 Å². The fourth-order valence-corrected chi connectivity index (χ4v) is 4.06. The molecule has 20 heavy (non-hydrogen) atoms. The van der Waals surface area contributed by atoms with Crippen molar-refractivity contribution in [3.8, 4) is 0 Å². The molecule has 1 atom stereocenters. The summed E-state index contributed by atoms with van der Waals surface area (Å²) in [4.78, 5) is 0.188. The van der Waals surface area contributed by atoms with Gasteiger partial charge in [0, 0.05) is 8.59 Å². The molecule has 0 heterocycles. The highest BCUT2D eigenvalue weighted by Crippen LogP contribution is 2.35. The van der Waals surface area contributed by atoms with Gasteiger partial charge in [-0.05, 0) is 70.3 Å². The van der Waals surface area contributed by atoms with Crippen molar-refractivity contribution < 1.29 is 0 Å². The Labute approximate surface area is 148 Å². The molecule has 0 spiro atoms. The zero-order chi connectivity index (χ0) is 14.5. The second-order valence-corrected chi connectivity index (χ2v) is 7.39. The smallest absolute Gasteiger partial charge is 0.0655 e. The van der Waals surface area contributed by atoms with Crippen LogP contribution in [0.4, 0.5) is 0 Å². The summed E-state index contributed by atoms with van der Waals surface area (Å²) >= 11 is 12.3. The first-order valence-electron chi connectivity index (χ1n) is 6.79. The van der Waals surface area contributed by atoms with Crippen LogP contribution in [0.2, 0.25) is 5.02 Å². The minimum Gasteiger partial charge on any atom is -0.0843 e. The Morgan fingerprint density at radius 3 is 2.50 bits per heavy atom. The fourth-order valence-electron chi connectivity index (χ4n) is 2.12. The molecule has 0 saturated carbocycles. The van der Waals surface area contributed by atoms with E-state index in [2.05, 4.69) is 75.8 Å². The largest absolute Gasteiger partial charge is 0.0843 e. The van der Waals surface area contributed by atoms with Gasteiger partial charge in [-0.15, -0.1) is 0 Å². The quantitative estimate of drug-likeness (QED) is 0.339. The third-order valence-electron chi connectivity index (χ3n) is 3.32. The lowest BCUT2D eigenvalue weighted by Crippen LogP contribution is -1.96.